The van der Waals surface area contributed by atoms with E-state index in [0.717, 1.165) is 5.69 Å². The molecule has 0 aliphatic heterocycles. The molecule has 0 unspecified atom stereocenters. The van der Waals surface area contributed by atoms with Crippen molar-refractivity contribution in [1.29, 1.82) is 0 Å². The van der Waals surface area contributed by atoms with E-state index in [4.69, 9.17) is 5.73 Å². The summed E-state index contributed by atoms with van der Waals surface area (Å²) in [5.41, 5.74) is 6.21. The lowest BCUT2D eigenvalue weighted by Gasteiger charge is -2.22. The van der Waals surface area contributed by atoms with Crippen LogP contribution in [0, 0.1) is 6.92 Å². The highest BCUT2D eigenvalue weighted by atomic mass is 32.2. The Morgan fingerprint density at radius 1 is 1.44 bits per heavy atom. The van der Waals surface area contributed by atoms with Crippen molar-refractivity contribution in [3.8, 4) is 0 Å². The van der Waals surface area contributed by atoms with E-state index in [0.29, 0.717) is 11.0 Å². The molecule has 5 nitrogen and oxygen atoms in total. The predicted molar refractivity (Wildman–Crippen MR) is 74.4 cm³/mol. The van der Waals surface area contributed by atoms with Gasteiger partial charge in [0.15, 0.2) is 5.16 Å². The van der Waals surface area contributed by atoms with Gasteiger partial charge < -0.3 is 11.1 Å². The number of hydrogen-bond acceptors (Lipinski definition) is 5. The summed E-state index contributed by atoms with van der Waals surface area (Å²) in [6, 6.07) is 1.70. The number of aromatic nitrogens is 2. The van der Waals surface area contributed by atoms with Crippen LogP contribution >= 0.6 is 11.8 Å². The van der Waals surface area contributed by atoms with E-state index < -0.39 is 0 Å². The predicted octanol–water partition coefficient (Wildman–Crippen LogP) is 1.76. The smallest absolute Gasteiger partial charge is 0.233 e. The number of nitrogens with one attached hydrogen (secondary N) is 1. The number of carbonyl (C=O) groups excluding carboxylic acids is 1. The quantitative estimate of drug-likeness (QED) is 0.645. The summed E-state index contributed by atoms with van der Waals surface area (Å²) >= 11 is 1.31. The van der Waals surface area contributed by atoms with E-state index in [1.54, 1.807) is 6.07 Å². The molecule has 0 saturated carbocycles. The largest absolute Gasteiger partial charge is 0.384 e. The number of anilines is 1. The molecule has 18 heavy (non-hydrogen) atoms. The molecule has 1 aromatic rings. The lowest BCUT2D eigenvalue weighted by Crippen LogP contribution is -2.44. The number of nitrogens with zero attached hydrogens (tertiary/aromatic N) is 2. The van der Waals surface area contributed by atoms with Crippen molar-refractivity contribution in [2.75, 3.05) is 5.73 Å². The number of carbonyl (C=O) groups is 1. The minimum atomic E-state index is -0.259. The van der Waals surface area contributed by atoms with E-state index in [1.807, 2.05) is 34.6 Å². The van der Waals surface area contributed by atoms with Crippen LogP contribution in [0.5, 0.6) is 0 Å². The molecule has 1 rings (SSSR count). The summed E-state index contributed by atoms with van der Waals surface area (Å²) in [7, 11) is 0. The summed E-state index contributed by atoms with van der Waals surface area (Å²) in [6.07, 6.45) is 0. The molecule has 0 radical (unpaired) electrons. The first kappa shape index (κ1) is 14.8. The zero-order valence-electron chi connectivity index (χ0n) is 11.4. The van der Waals surface area contributed by atoms with Gasteiger partial charge in [0.2, 0.25) is 5.91 Å². The molecule has 3 N–H and O–H groups in total. The van der Waals surface area contributed by atoms with Crippen molar-refractivity contribution < 1.29 is 4.79 Å². The molecule has 0 aromatic carbocycles. The van der Waals surface area contributed by atoms with Crippen molar-refractivity contribution >= 4 is 23.5 Å². The second-order valence-corrected chi connectivity index (χ2v) is 6.52. The lowest BCUT2D eigenvalue weighted by atomic mass is 10.1. The van der Waals surface area contributed by atoms with E-state index in [-0.39, 0.29) is 16.7 Å². The lowest BCUT2D eigenvalue weighted by molar-refractivity contribution is -0.121. The second kappa shape index (κ2) is 5.56. The summed E-state index contributed by atoms with van der Waals surface area (Å²) in [5, 5.41) is 3.19. The summed E-state index contributed by atoms with van der Waals surface area (Å²) in [4.78, 5) is 20.3. The maximum Gasteiger partial charge on any atom is 0.233 e. The number of amides is 1. The number of aryl methyl sites for hydroxylation is 1. The van der Waals surface area contributed by atoms with Crippen molar-refractivity contribution in [3.63, 3.8) is 0 Å². The molecule has 6 heteroatoms. The van der Waals surface area contributed by atoms with Gasteiger partial charge in [0.05, 0.1) is 5.25 Å². The molecule has 0 spiro atoms. The van der Waals surface area contributed by atoms with Crippen LogP contribution in [0.4, 0.5) is 5.82 Å². The third-order valence-electron chi connectivity index (χ3n) is 2.00. The highest BCUT2D eigenvalue weighted by molar-refractivity contribution is 8.00. The summed E-state index contributed by atoms with van der Waals surface area (Å²) < 4.78 is 0. The molecule has 1 heterocycles. The fourth-order valence-corrected chi connectivity index (χ4v) is 2.14. The van der Waals surface area contributed by atoms with Crippen LogP contribution in [0.25, 0.3) is 0 Å². The fraction of sp³-hybridized carbons (Fsp3) is 0.583. The maximum absolute atomic E-state index is 11.9. The van der Waals surface area contributed by atoms with Crippen LogP contribution in [0.3, 0.4) is 0 Å². The molecular formula is C12H20N4OS. The molecule has 0 fully saturated rings. The fourth-order valence-electron chi connectivity index (χ4n) is 1.30. The molecule has 1 amide bonds. The first-order chi connectivity index (χ1) is 8.17. The van der Waals surface area contributed by atoms with Gasteiger partial charge in [-0.2, -0.15) is 0 Å². The Morgan fingerprint density at radius 3 is 2.56 bits per heavy atom. The molecular weight excluding hydrogens is 248 g/mol. The average Bonchev–Trinajstić information content (AvgIpc) is 2.12. The standard InChI is InChI=1S/C12H20N4OS/c1-7-6-9(13)15-11(14-7)18-8(2)10(17)16-12(3,4)5/h6,8H,1-5H3,(H,16,17)(H2,13,14,15)/t8-/m0/s1. The molecule has 0 saturated heterocycles. The highest BCUT2D eigenvalue weighted by Crippen LogP contribution is 2.21. The van der Waals surface area contributed by atoms with Gasteiger partial charge in [0.25, 0.3) is 0 Å². The first-order valence-corrected chi connectivity index (χ1v) is 6.65. The van der Waals surface area contributed by atoms with Crippen molar-refractivity contribution in [3.05, 3.63) is 11.8 Å². The molecule has 0 bridgehead atoms. The van der Waals surface area contributed by atoms with E-state index in [9.17, 15) is 4.79 Å². The number of rotatable bonds is 3. The first-order valence-electron chi connectivity index (χ1n) is 5.77. The van der Waals surface area contributed by atoms with Gasteiger partial charge >= 0.3 is 0 Å². The van der Waals surface area contributed by atoms with Gasteiger partial charge in [-0.05, 0) is 34.6 Å². The Bertz CT molecular complexity index is 422. The Hall–Kier alpha value is -1.30. The Labute approximate surface area is 112 Å². The van der Waals surface area contributed by atoms with Gasteiger partial charge in [0, 0.05) is 17.3 Å². The normalized spacial score (nSPS) is 13.2. The zero-order valence-corrected chi connectivity index (χ0v) is 12.3. The molecule has 0 aliphatic rings. The van der Waals surface area contributed by atoms with Crippen LogP contribution in [-0.2, 0) is 4.79 Å². The Morgan fingerprint density at radius 2 is 2.06 bits per heavy atom. The van der Waals surface area contributed by atoms with E-state index in [1.165, 1.54) is 11.8 Å². The highest BCUT2D eigenvalue weighted by Gasteiger charge is 2.21. The average molecular weight is 268 g/mol. The number of thioether (sulfide) groups is 1. The maximum atomic E-state index is 11.9. The minimum absolute atomic E-state index is 0.0313. The van der Waals surface area contributed by atoms with Crippen LogP contribution in [-0.4, -0.2) is 26.7 Å². The molecule has 1 aromatic heterocycles. The van der Waals surface area contributed by atoms with Crippen LogP contribution < -0.4 is 11.1 Å². The van der Waals surface area contributed by atoms with Gasteiger partial charge in [-0.3, -0.25) is 4.79 Å². The minimum Gasteiger partial charge on any atom is -0.384 e. The number of nitrogens with two attached hydrogens (primary N) is 1. The van der Waals surface area contributed by atoms with E-state index in [2.05, 4.69) is 15.3 Å². The Balaban J connectivity index is 2.69. The van der Waals surface area contributed by atoms with Crippen LogP contribution in [0.1, 0.15) is 33.4 Å². The van der Waals surface area contributed by atoms with E-state index >= 15 is 0 Å². The molecule has 0 aliphatic carbocycles. The third-order valence-corrected chi connectivity index (χ3v) is 2.96. The third kappa shape index (κ3) is 4.91. The summed E-state index contributed by atoms with van der Waals surface area (Å²) in [6.45, 7) is 9.52. The van der Waals surface area contributed by atoms with Crippen molar-refractivity contribution in [1.82, 2.24) is 15.3 Å². The van der Waals surface area contributed by atoms with Crippen LogP contribution in [0.2, 0.25) is 0 Å². The van der Waals surface area contributed by atoms with Gasteiger partial charge in [-0.25, -0.2) is 9.97 Å². The SMILES string of the molecule is Cc1cc(N)nc(S[C@@H](C)C(=O)NC(C)(C)C)n1. The van der Waals surface area contributed by atoms with Crippen molar-refractivity contribution in [2.24, 2.45) is 0 Å². The van der Waals surface area contributed by atoms with Gasteiger partial charge in [0.1, 0.15) is 5.82 Å². The monoisotopic (exact) mass is 268 g/mol. The number of hydrogen-bond donors (Lipinski definition) is 2. The summed E-state index contributed by atoms with van der Waals surface area (Å²) in [5.74, 6) is 0.393. The van der Waals surface area contributed by atoms with Crippen molar-refractivity contribution in [2.45, 2.75) is 50.6 Å². The Kier molecular flexibility index (Phi) is 4.56. The molecule has 1 atom stereocenters. The topological polar surface area (TPSA) is 80.9 Å². The number of nitrogen functional groups attached to an aromatic ring is 1. The molecule has 100 valence electrons. The van der Waals surface area contributed by atoms with Gasteiger partial charge in [-0.15, -0.1) is 0 Å². The second-order valence-electron chi connectivity index (χ2n) is 5.22. The van der Waals surface area contributed by atoms with Gasteiger partial charge in [-0.1, -0.05) is 11.8 Å². The van der Waals surface area contributed by atoms with Crippen LogP contribution in [0.15, 0.2) is 11.2 Å². The zero-order chi connectivity index (χ0) is 13.9.